The van der Waals surface area contributed by atoms with E-state index in [1.54, 1.807) is 19.4 Å². The van der Waals surface area contributed by atoms with Crippen LogP contribution in [0.3, 0.4) is 0 Å². The SMILES string of the molecule is C=Cc1cnc(B2OC(C)(C)C(C)(C)O2)c(OC)c1. The van der Waals surface area contributed by atoms with Gasteiger partial charge in [0.15, 0.2) is 0 Å². The van der Waals surface area contributed by atoms with Crippen molar-refractivity contribution in [1.29, 1.82) is 0 Å². The van der Waals surface area contributed by atoms with E-state index in [1.165, 1.54) is 0 Å². The highest BCUT2D eigenvalue weighted by molar-refractivity contribution is 6.62. The first kappa shape index (κ1) is 14.1. The number of hydrogen-bond donors (Lipinski definition) is 0. The van der Waals surface area contributed by atoms with Crippen molar-refractivity contribution in [1.82, 2.24) is 4.98 Å². The summed E-state index contributed by atoms with van der Waals surface area (Å²) in [5, 5.41) is 0. The van der Waals surface area contributed by atoms with Gasteiger partial charge in [0.2, 0.25) is 0 Å². The standard InChI is InChI=1S/C14H20BNO3/c1-7-10-8-11(17-6)12(16-9-10)15-18-13(2,3)14(4,5)19-15/h7-9H,1H2,2-6H3. The maximum absolute atomic E-state index is 5.98. The fourth-order valence-electron chi connectivity index (χ4n) is 1.88. The molecule has 5 heteroatoms. The molecular weight excluding hydrogens is 241 g/mol. The topological polar surface area (TPSA) is 40.6 Å². The summed E-state index contributed by atoms with van der Waals surface area (Å²) in [6.07, 6.45) is 3.46. The quantitative estimate of drug-likeness (QED) is 0.780. The van der Waals surface area contributed by atoms with Gasteiger partial charge in [0.25, 0.3) is 0 Å². The van der Waals surface area contributed by atoms with Crippen molar-refractivity contribution >= 4 is 18.8 Å². The van der Waals surface area contributed by atoms with E-state index in [0.29, 0.717) is 11.3 Å². The van der Waals surface area contributed by atoms with E-state index in [-0.39, 0.29) is 11.2 Å². The van der Waals surface area contributed by atoms with Gasteiger partial charge >= 0.3 is 7.12 Å². The maximum Gasteiger partial charge on any atom is 0.518 e. The van der Waals surface area contributed by atoms with E-state index in [2.05, 4.69) is 11.6 Å². The highest BCUT2D eigenvalue weighted by atomic mass is 16.7. The summed E-state index contributed by atoms with van der Waals surface area (Å²) in [4.78, 5) is 4.39. The van der Waals surface area contributed by atoms with Gasteiger partial charge in [-0.2, -0.15) is 0 Å². The third kappa shape index (κ3) is 2.40. The summed E-state index contributed by atoms with van der Waals surface area (Å²) in [6, 6.07) is 1.88. The van der Waals surface area contributed by atoms with Crippen LogP contribution in [0.5, 0.6) is 5.75 Å². The van der Waals surface area contributed by atoms with Crippen molar-refractivity contribution in [3.05, 3.63) is 24.4 Å². The minimum atomic E-state index is -0.515. The molecule has 1 aromatic heterocycles. The fraction of sp³-hybridized carbons (Fsp3) is 0.500. The van der Waals surface area contributed by atoms with Crippen LogP contribution in [0.2, 0.25) is 0 Å². The molecule has 1 aliphatic rings. The molecule has 0 spiro atoms. The van der Waals surface area contributed by atoms with Gasteiger partial charge in [-0.15, -0.1) is 0 Å². The molecule has 102 valence electrons. The summed E-state index contributed by atoms with van der Waals surface area (Å²) >= 11 is 0. The summed E-state index contributed by atoms with van der Waals surface area (Å²) in [7, 11) is 1.09. The molecule has 0 aromatic carbocycles. The molecule has 0 unspecified atom stereocenters. The van der Waals surface area contributed by atoms with Gasteiger partial charge in [-0.25, -0.2) is 0 Å². The third-order valence-corrected chi connectivity index (χ3v) is 3.84. The van der Waals surface area contributed by atoms with Gasteiger partial charge in [-0.3, -0.25) is 4.98 Å². The van der Waals surface area contributed by atoms with Crippen LogP contribution in [0.25, 0.3) is 6.08 Å². The minimum absolute atomic E-state index is 0.387. The van der Waals surface area contributed by atoms with E-state index < -0.39 is 7.12 Å². The van der Waals surface area contributed by atoms with E-state index in [0.717, 1.165) is 5.56 Å². The van der Waals surface area contributed by atoms with Gasteiger partial charge in [0.05, 0.1) is 18.3 Å². The van der Waals surface area contributed by atoms with E-state index in [9.17, 15) is 0 Å². The zero-order valence-electron chi connectivity index (χ0n) is 12.2. The lowest BCUT2D eigenvalue weighted by Gasteiger charge is -2.32. The highest BCUT2D eigenvalue weighted by Gasteiger charge is 2.53. The van der Waals surface area contributed by atoms with Gasteiger partial charge in [0, 0.05) is 6.20 Å². The van der Waals surface area contributed by atoms with Gasteiger partial charge < -0.3 is 14.0 Å². The molecule has 1 aliphatic heterocycles. The number of hydrogen-bond acceptors (Lipinski definition) is 4. The van der Waals surface area contributed by atoms with E-state index in [4.69, 9.17) is 14.0 Å². The molecule has 19 heavy (non-hydrogen) atoms. The third-order valence-electron chi connectivity index (χ3n) is 3.84. The molecule has 1 fully saturated rings. The predicted octanol–water partition coefficient (Wildman–Crippen LogP) is 2.03. The molecule has 1 aromatic rings. The van der Waals surface area contributed by atoms with Crippen molar-refractivity contribution in [2.75, 3.05) is 7.11 Å². The van der Waals surface area contributed by atoms with Crippen LogP contribution in [0.1, 0.15) is 33.3 Å². The molecule has 4 nitrogen and oxygen atoms in total. The lowest BCUT2D eigenvalue weighted by molar-refractivity contribution is 0.00578. The summed E-state index contributed by atoms with van der Waals surface area (Å²) in [5.41, 5.74) is 0.784. The van der Waals surface area contributed by atoms with Crippen LogP contribution < -0.4 is 10.3 Å². The summed E-state index contributed by atoms with van der Waals surface area (Å²) in [6.45, 7) is 11.8. The largest absolute Gasteiger partial charge is 0.518 e. The Morgan fingerprint density at radius 3 is 2.32 bits per heavy atom. The van der Waals surface area contributed by atoms with Crippen LogP contribution in [0, 0.1) is 0 Å². The molecule has 0 saturated carbocycles. The Morgan fingerprint density at radius 2 is 1.84 bits per heavy atom. The normalized spacial score (nSPS) is 20.4. The molecular formula is C14H20BNO3. The molecule has 0 bridgehead atoms. The molecule has 0 radical (unpaired) electrons. The number of rotatable bonds is 3. The Kier molecular flexibility index (Phi) is 3.45. The van der Waals surface area contributed by atoms with Crippen molar-refractivity contribution in [2.45, 2.75) is 38.9 Å². The fourth-order valence-corrected chi connectivity index (χ4v) is 1.88. The van der Waals surface area contributed by atoms with Crippen LogP contribution >= 0.6 is 0 Å². The smallest absolute Gasteiger partial charge is 0.495 e. The lowest BCUT2D eigenvalue weighted by atomic mass is 9.83. The molecule has 1 saturated heterocycles. The number of aromatic nitrogens is 1. The summed E-state index contributed by atoms with van der Waals surface area (Å²) in [5.74, 6) is 0.649. The van der Waals surface area contributed by atoms with Gasteiger partial charge in [-0.05, 0) is 39.3 Å². The minimum Gasteiger partial charge on any atom is -0.495 e. The second-order valence-electron chi connectivity index (χ2n) is 5.65. The Morgan fingerprint density at radius 1 is 1.26 bits per heavy atom. The van der Waals surface area contributed by atoms with Crippen molar-refractivity contribution in [2.24, 2.45) is 0 Å². The predicted molar refractivity (Wildman–Crippen MR) is 76.6 cm³/mol. The van der Waals surface area contributed by atoms with Crippen LogP contribution in [-0.2, 0) is 9.31 Å². The molecule has 0 amide bonds. The average Bonchev–Trinajstić information content (AvgIpc) is 2.57. The van der Waals surface area contributed by atoms with Crippen molar-refractivity contribution in [3.63, 3.8) is 0 Å². The maximum atomic E-state index is 5.98. The molecule has 2 rings (SSSR count). The van der Waals surface area contributed by atoms with Crippen LogP contribution in [0.4, 0.5) is 0 Å². The number of ether oxygens (including phenoxy) is 1. The number of pyridine rings is 1. The van der Waals surface area contributed by atoms with E-state index in [1.807, 2.05) is 33.8 Å². The lowest BCUT2D eigenvalue weighted by Crippen LogP contribution is -2.41. The Labute approximate surface area is 114 Å². The molecule has 0 atom stereocenters. The molecule has 0 N–H and O–H groups in total. The van der Waals surface area contributed by atoms with Crippen molar-refractivity contribution in [3.8, 4) is 5.75 Å². The first-order chi connectivity index (χ1) is 8.80. The first-order valence-corrected chi connectivity index (χ1v) is 6.33. The second kappa shape index (κ2) is 4.65. The molecule has 0 aliphatic carbocycles. The monoisotopic (exact) mass is 261 g/mol. The Balaban J connectivity index is 2.36. The highest BCUT2D eigenvalue weighted by Crippen LogP contribution is 2.36. The zero-order chi connectivity index (χ0) is 14.3. The molecule has 2 heterocycles. The Hall–Kier alpha value is -1.33. The first-order valence-electron chi connectivity index (χ1n) is 6.33. The van der Waals surface area contributed by atoms with E-state index >= 15 is 0 Å². The van der Waals surface area contributed by atoms with Crippen molar-refractivity contribution < 1.29 is 14.0 Å². The summed E-state index contributed by atoms with van der Waals surface area (Å²) < 4.78 is 17.3. The second-order valence-corrected chi connectivity index (χ2v) is 5.65. The van der Waals surface area contributed by atoms with Crippen LogP contribution in [-0.4, -0.2) is 30.4 Å². The Bertz CT molecular complexity index is 483. The average molecular weight is 261 g/mol. The zero-order valence-corrected chi connectivity index (χ0v) is 12.2. The van der Waals surface area contributed by atoms with Gasteiger partial charge in [-0.1, -0.05) is 12.7 Å². The van der Waals surface area contributed by atoms with Gasteiger partial charge in [0.1, 0.15) is 11.3 Å². The van der Waals surface area contributed by atoms with Crippen LogP contribution in [0.15, 0.2) is 18.8 Å². The number of nitrogens with zero attached hydrogens (tertiary/aromatic N) is 1. The number of methoxy groups -OCH3 is 1.